The van der Waals surface area contributed by atoms with Crippen molar-refractivity contribution in [1.29, 1.82) is 0 Å². The van der Waals surface area contributed by atoms with Gasteiger partial charge in [0.15, 0.2) is 0 Å². The van der Waals surface area contributed by atoms with Gasteiger partial charge in [0.1, 0.15) is 0 Å². The Balaban J connectivity index is 0.00000243. The standard InChI is InChI=1S/C20H22Cl2N2O.ClH/c1-24-19-8-6-14(13-4-7-17(21)18(22)11-13)16-10-12(2-5-15(16)19)3-9-20(23)25;/h2,4-5,7,10-11,14,19,24H,3,6,8-9H2,1H3,(H2,23,25);1H/t14-,19-;/m0./s1. The van der Waals surface area contributed by atoms with Crippen LogP contribution in [0.3, 0.4) is 0 Å². The Morgan fingerprint density at radius 2 is 1.88 bits per heavy atom. The van der Waals surface area contributed by atoms with Gasteiger partial charge in [-0.3, -0.25) is 4.79 Å². The number of nitrogens with one attached hydrogen (secondary N) is 1. The van der Waals surface area contributed by atoms with Crippen LogP contribution >= 0.6 is 35.6 Å². The fourth-order valence-corrected chi connectivity index (χ4v) is 3.99. The summed E-state index contributed by atoms with van der Waals surface area (Å²) in [5, 5.41) is 4.56. The molecular formula is C20H23Cl3N2O. The molecule has 0 fully saturated rings. The van der Waals surface area contributed by atoms with Crippen LogP contribution in [0.15, 0.2) is 36.4 Å². The lowest BCUT2D eigenvalue weighted by atomic mass is 9.76. The second kappa shape index (κ2) is 9.09. The molecule has 3 nitrogen and oxygen atoms in total. The van der Waals surface area contributed by atoms with E-state index in [1.807, 2.05) is 19.2 Å². The van der Waals surface area contributed by atoms with Gasteiger partial charge in [-0.15, -0.1) is 12.4 Å². The first-order valence-corrected chi connectivity index (χ1v) is 9.28. The van der Waals surface area contributed by atoms with Crippen LogP contribution in [0.5, 0.6) is 0 Å². The average Bonchev–Trinajstić information content (AvgIpc) is 2.61. The molecule has 0 aliphatic heterocycles. The monoisotopic (exact) mass is 412 g/mol. The van der Waals surface area contributed by atoms with E-state index in [0.29, 0.717) is 28.9 Å². The Bertz CT molecular complexity index is 795. The Morgan fingerprint density at radius 3 is 2.54 bits per heavy atom. The van der Waals surface area contributed by atoms with Crippen molar-refractivity contribution < 1.29 is 4.79 Å². The number of primary amides is 1. The number of amides is 1. The maximum atomic E-state index is 11.1. The highest BCUT2D eigenvalue weighted by Crippen LogP contribution is 2.42. The first-order chi connectivity index (χ1) is 12.0. The quantitative estimate of drug-likeness (QED) is 0.723. The van der Waals surface area contributed by atoms with E-state index < -0.39 is 0 Å². The first-order valence-electron chi connectivity index (χ1n) is 8.53. The predicted molar refractivity (Wildman–Crippen MR) is 111 cm³/mol. The van der Waals surface area contributed by atoms with E-state index in [1.54, 1.807) is 0 Å². The lowest BCUT2D eigenvalue weighted by Gasteiger charge is -2.32. The first kappa shape index (κ1) is 21.0. The summed E-state index contributed by atoms with van der Waals surface area (Å²) in [6, 6.07) is 12.7. The predicted octanol–water partition coefficient (Wildman–Crippen LogP) is 5.02. The van der Waals surface area contributed by atoms with Crippen LogP contribution in [0, 0.1) is 0 Å². The van der Waals surface area contributed by atoms with Crippen molar-refractivity contribution in [3.8, 4) is 0 Å². The zero-order chi connectivity index (χ0) is 18.0. The van der Waals surface area contributed by atoms with Crippen LogP contribution in [-0.2, 0) is 11.2 Å². The van der Waals surface area contributed by atoms with E-state index in [9.17, 15) is 4.79 Å². The summed E-state index contributed by atoms with van der Waals surface area (Å²) >= 11 is 12.3. The van der Waals surface area contributed by atoms with Crippen LogP contribution in [0.1, 0.15) is 53.5 Å². The minimum absolute atomic E-state index is 0. The summed E-state index contributed by atoms with van der Waals surface area (Å²) in [7, 11) is 1.99. The zero-order valence-corrected chi connectivity index (χ0v) is 16.9. The molecular weight excluding hydrogens is 391 g/mol. The molecule has 0 aromatic heterocycles. The van der Waals surface area contributed by atoms with E-state index in [1.165, 1.54) is 16.7 Å². The molecule has 0 bridgehead atoms. The van der Waals surface area contributed by atoms with Gasteiger partial charge in [-0.1, -0.05) is 47.5 Å². The van der Waals surface area contributed by atoms with Crippen LogP contribution < -0.4 is 11.1 Å². The highest BCUT2D eigenvalue weighted by molar-refractivity contribution is 6.42. The minimum Gasteiger partial charge on any atom is -0.370 e. The molecule has 3 N–H and O–H groups in total. The summed E-state index contributed by atoms with van der Waals surface area (Å²) in [6.45, 7) is 0. The highest BCUT2D eigenvalue weighted by atomic mass is 35.5. The van der Waals surface area contributed by atoms with Gasteiger partial charge in [-0.25, -0.2) is 0 Å². The fraction of sp³-hybridized carbons (Fsp3) is 0.350. The smallest absolute Gasteiger partial charge is 0.217 e. The molecule has 0 heterocycles. The summed E-state index contributed by atoms with van der Waals surface area (Å²) in [5.41, 5.74) is 10.2. The zero-order valence-electron chi connectivity index (χ0n) is 14.6. The van der Waals surface area contributed by atoms with Gasteiger partial charge >= 0.3 is 0 Å². The van der Waals surface area contributed by atoms with Crippen LogP contribution in [0.4, 0.5) is 0 Å². The molecule has 0 saturated heterocycles. The topological polar surface area (TPSA) is 55.1 Å². The Hall–Kier alpha value is -1.26. The molecule has 0 unspecified atom stereocenters. The van der Waals surface area contributed by atoms with Gasteiger partial charge in [0.2, 0.25) is 5.91 Å². The van der Waals surface area contributed by atoms with Gasteiger partial charge in [-0.05, 0) is 60.7 Å². The lowest BCUT2D eigenvalue weighted by molar-refractivity contribution is -0.117. The Morgan fingerprint density at radius 1 is 1.12 bits per heavy atom. The molecule has 140 valence electrons. The number of benzene rings is 2. The summed E-state index contributed by atoms with van der Waals surface area (Å²) in [5.74, 6) is 0.00903. The van der Waals surface area contributed by atoms with E-state index in [2.05, 4.69) is 29.6 Å². The fourth-order valence-electron chi connectivity index (χ4n) is 3.69. The number of rotatable bonds is 5. The molecule has 0 spiro atoms. The maximum absolute atomic E-state index is 11.1. The second-order valence-electron chi connectivity index (χ2n) is 6.57. The Labute approximate surface area is 170 Å². The molecule has 2 atom stereocenters. The number of aryl methyl sites for hydroxylation is 1. The summed E-state index contributed by atoms with van der Waals surface area (Å²) in [4.78, 5) is 11.1. The van der Waals surface area contributed by atoms with Gasteiger partial charge in [0.25, 0.3) is 0 Å². The van der Waals surface area contributed by atoms with Gasteiger partial charge in [0.05, 0.1) is 10.0 Å². The Kier molecular flexibility index (Phi) is 7.36. The van der Waals surface area contributed by atoms with Crippen LogP contribution in [-0.4, -0.2) is 13.0 Å². The number of carbonyl (C=O) groups excluding carboxylic acids is 1. The average molecular weight is 414 g/mol. The number of carbonyl (C=O) groups is 1. The molecule has 1 amide bonds. The molecule has 1 aliphatic carbocycles. The van der Waals surface area contributed by atoms with Gasteiger partial charge < -0.3 is 11.1 Å². The molecule has 6 heteroatoms. The number of hydrogen-bond acceptors (Lipinski definition) is 2. The van der Waals surface area contributed by atoms with Crippen LogP contribution in [0.25, 0.3) is 0 Å². The summed E-state index contributed by atoms with van der Waals surface area (Å²) < 4.78 is 0. The van der Waals surface area contributed by atoms with Crippen molar-refractivity contribution in [3.63, 3.8) is 0 Å². The third-order valence-corrected chi connectivity index (χ3v) is 5.74. The lowest BCUT2D eigenvalue weighted by Crippen LogP contribution is -2.24. The van der Waals surface area contributed by atoms with Gasteiger partial charge in [-0.2, -0.15) is 0 Å². The van der Waals surface area contributed by atoms with Crippen molar-refractivity contribution in [2.75, 3.05) is 7.05 Å². The third-order valence-electron chi connectivity index (χ3n) is 5.00. The molecule has 2 aromatic rings. The van der Waals surface area contributed by atoms with E-state index in [0.717, 1.165) is 18.4 Å². The number of hydrogen-bond donors (Lipinski definition) is 2. The minimum atomic E-state index is -0.271. The van der Waals surface area contributed by atoms with Crippen molar-refractivity contribution >= 4 is 41.5 Å². The molecule has 0 saturated carbocycles. The molecule has 26 heavy (non-hydrogen) atoms. The highest BCUT2D eigenvalue weighted by Gasteiger charge is 2.28. The van der Waals surface area contributed by atoms with E-state index in [4.69, 9.17) is 28.9 Å². The number of nitrogens with two attached hydrogens (primary N) is 1. The van der Waals surface area contributed by atoms with Crippen molar-refractivity contribution in [3.05, 3.63) is 68.7 Å². The van der Waals surface area contributed by atoms with Crippen molar-refractivity contribution in [2.45, 2.75) is 37.6 Å². The second-order valence-corrected chi connectivity index (χ2v) is 7.39. The van der Waals surface area contributed by atoms with E-state index in [-0.39, 0.29) is 24.2 Å². The molecule has 3 rings (SSSR count). The summed E-state index contributed by atoms with van der Waals surface area (Å²) in [6.07, 6.45) is 3.14. The number of fused-ring (bicyclic) bond motifs is 1. The maximum Gasteiger partial charge on any atom is 0.217 e. The van der Waals surface area contributed by atoms with Crippen molar-refractivity contribution in [1.82, 2.24) is 5.32 Å². The van der Waals surface area contributed by atoms with E-state index >= 15 is 0 Å². The van der Waals surface area contributed by atoms with Gasteiger partial charge in [0, 0.05) is 18.4 Å². The normalized spacial score (nSPS) is 18.7. The molecule has 0 radical (unpaired) electrons. The SMILES string of the molecule is CN[C@H]1CC[C@@H](c2ccc(Cl)c(Cl)c2)c2cc(CCC(N)=O)ccc21.Cl. The molecule has 1 aliphatic rings. The largest absolute Gasteiger partial charge is 0.370 e. The van der Waals surface area contributed by atoms with Crippen molar-refractivity contribution in [2.24, 2.45) is 5.73 Å². The number of halogens is 3. The third kappa shape index (κ3) is 4.52. The molecule has 2 aromatic carbocycles. The van der Waals surface area contributed by atoms with Crippen LogP contribution in [0.2, 0.25) is 10.0 Å².